The van der Waals surface area contributed by atoms with Crippen molar-refractivity contribution in [1.29, 1.82) is 0 Å². The molecule has 0 spiro atoms. The van der Waals surface area contributed by atoms with E-state index in [1.807, 2.05) is 19.9 Å². The molecule has 0 N–H and O–H groups in total. The second-order valence-corrected chi connectivity index (χ2v) is 6.61. The van der Waals surface area contributed by atoms with Gasteiger partial charge in [-0.15, -0.1) is 6.58 Å². The number of amides is 2. The SMILES string of the molecule is C=CCCCC1(C)CCCN(C(=O)CSCC)C1=O. The molecule has 2 amide bonds. The van der Waals surface area contributed by atoms with Gasteiger partial charge >= 0.3 is 0 Å². The summed E-state index contributed by atoms with van der Waals surface area (Å²) in [4.78, 5) is 26.1. The highest BCUT2D eigenvalue weighted by atomic mass is 32.2. The van der Waals surface area contributed by atoms with E-state index >= 15 is 0 Å². The van der Waals surface area contributed by atoms with Crippen molar-refractivity contribution in [2.45, 2.75) is 46.0 Å². The van der Waals surface area contributed by atoms with Crippen molar-refractivity contribution >= 4 is 23.6 Å². The van der Waals surface area contributed by atoms with Crippen molar-refractivity contribution in [2.24, 2.45) is 5.41 Å². The van der Waals surface area contributed by atoms with Gasteiger partial charge in [0.1, 0.15) is 0 Å². The number of imide groups is 1. The summed E-state index contributed by atoms with van der Waals surface area (Å²) in [5, 5.41) is 0. The van der Waals surface area contributed by atoms with Gasteiger partial charge in [-0.25, -0.2) is 0 Å². The molecule has 0 saturated carbocycles. The number of carbonyl (C=O) groups excluding carboxylic acids is 2. The average molecular weight is 283 g/mol. The maximum Gasteiger partial charge on any atom is 0.239 e. The number of hydrogen-bond acceptors (Lipinski definition) is 3. The molecule has 0 aromatic carbocycles. The van der Waals surface area contributed by atoms with Crippen LogP contribution in [0.1, 0.15) is 46.0 Å². The van der Waals surface area contributed by atoms with Gasteiger partial charge in [0.05, 0.1) is 5.75 Å². The molecule has 1 aliphatic heterocycles. The summed E-state index contributed by atoms with van der Waals surface area (Å²) in [5.74, 6) is 1.34. The van der Waals surface area contributed by atoms with Gasteiger partial charge in [0, 0.05) is 12.0 Å². The molecule has 1 unspecified atom stereocenters. The van der Waals surface area contributed by atoms with Crippen LogP contribution < -0.4 is 0 Å². The molecule has 108 valence electrons. The Bertz CT molecular complexity index is 343. The molecule has 0 bridgehead atoms. The van der Waals surface area contributed by atoms with Crippen LogP contribution in [-0.4, -0.2) is 34.8 Å². The molecular formula is C15H25NO2S. The third-order valence-corrected chi connectivity index (χ3v) is 4.60. The summed E-state index contributed by atoms with van der Waals surface area (Å²) in [7, 11) is 0. The van der Waals surface area contributed by atoms with E-state index in [-0.39, 0.29) is 17.2 Å². The second-order valence-electron chi connectivity index (χ2n) is 5.33. The average Bonchev–Trinajstić information content (AvgIpc) is 2.40. The molecule has 0 aromatic rings. The van der Waals surface area contributed by atoms with Crippen LogP contribution in [0.15, 0.2) is 12.7 Å². The third-order valence-electron chi connectivity index (χ3n) is 3.74. The zero-order chi connectivity index (χ0) is 14.3. The topological polar surface area (TPSA) is 37.4 Å². The predicted molar refractivity (Wildman–Crippen MR) is 81.1 cm³/mol. The number of unbranched alkanes of at least 4 members (excludes halogenated alkanes) is 1. The predicted octanol–water partition coefficient (Wildman–Crippen LogP) is 3.25. The maximum atomic E-state index is 12.5. The molecule has 1 rings (SSSR count). The van der Waals surface area contributed by atoms with Crippen LogP contribution in [0.25, 0.3) is 0 Å². The molecule has 0 aliphatic carbocycles. The van der Waals surface area contributed by atoms with Gasteiger partial charge in [-0.05, 0) is 37.9 Å². The Morgan fingerprint density at radius 2 is 2.32 bits per heavy atom. The number of carbonyl (C=O) groups is 2. The van der Waals surface area contributed by atoms with Crippen LogP contribution in [0, 0.1) is 5.41 Å². The van der Waals surface area contributed by atoms with Gasteiger partial charge in [0.2, 0.25) is 11.8 Å². The Labute approximate surface area is 120 Å². The van der Waals surface area contributed by atoms with Crippen LogP contribution in [0.4, 0.5) is 0 Å². The molecule has 1 saturated heterocycles. The molecule has 1 fully saturated rings. The molecule has 4 heteroatoms. The maximum absolute atomic E-state index is 12.5. The first kappa shape index (κ1) is 16.3. The van der Waals surface area contributed by atoms with Gasteiger partial charge in [-0.2, -0.15) is 11.8 Å². The zero-order valence-corrected chi connectivity index (χ0v) is 12.9. The van der Waals surface area contributed by atoms with Crippen molar-refractivity contribution < 1.29 is 9.59 Å². The van der Waals surface area contributed by atoms with Gasteiger partial charge in [-0.3, -0.25) is 14.5 Å². The Balaban J connectivity index is 2.63. The van der Waals surface area contributed by atoms with E-state index in [1.54, 1.807) is 11.8 Å². The van der Waals surface area contributed by atoms with E-state index in [2.05, 4.69) is 6.58 Å². The molecule has 0 radical (unpaired) electrons. The van der Waals surface area contributed by atoms with E-state index in [9.17, 15) is 9.59 Å². The Morgan fingerprint density at radius 3 is 2.95 bits per heavy atom. The summed E-state index contributed by atoms with van der Waals surface area (Å²) in [5.41, 5.74) is -0.353. The largest absolute Gasteiger partial charge is 0.281 e. The van der Waals surface area contributed by atoms with Gasteiger partial charge in [0.15, 0.2) is 0 Å². The van der Waals surface area contributed by atoms with E-state index in [0.717, 1.165) is 37.9 Å². The number of allylic oxidation sites excluding steroid dienone is 1. The van der Waals surface area contributed by atoms with Crippen molar-refractivity contribution in [3.63, 3.8) is 0 Å². The summed E-state index contributed by atoms with van der Waals surface area (Å²) in [6.45, 7) is 8.33. The minimum atomic E-state index is -0.353. The van der Waals surface area contributed by atoms with Crippen molar-refractivity contribution in [1.82, 2.24) is 4.90 Å². The fourth-order valence-electron chi connectivity index (χ4n) is 2.54. The molecule has 1 atom stereocenters. The van der Waals surface area contributed by atoms with Crippen molar-refractivity contribution in [2.75, 3.05) is 18.1 Å². The first-order chi connectivity index (χ1) is 9.05. The van der Waals surface area contributed by atoms with E-state index in [1.165, 1.54) is 4.90 Å². The highest BCUT2D eigenvalue weighted by molar-refractivity contribution is 7.99. The third kappa shape index (κ3) is 4.37. The second kappa shape index (κ2) is 7.73. The number of hydrogen-bond donors (Lipinski definition) is 0. The molecule has 0 aromatic heterocycles. The summed E-state index contributed by atoms with van der Waals surface area (Å²) in [6, 6.07) is 0. The lowest BCUT2D eigenvalue weighted by Gasteiger charge is -2.38. The van der Waals surface area contributed by atoms with Crippen molar-refractivity contribution in [3.8, 4) is 0 Å². The quantitative estimate of drug-likeness (QED) is 0.531. The molecule has 19 heavy (non-hydrogen) atoms. The molecule has 1 heterocycles. The van der Waals surface area contributed by atoms with Crippen LogP contribution in [-0.2, 0) is 9.59 Å². The Kier molecular flexibility index (Phi) is 6.63. The minimum Gasteiger partial charge on any atom is -0.281 e. The standard InChI is InChI=1S/C15H25NO2S/c1-4-6-7-9-15(3)10-8-11-16(14(15)18)13(17)12-19-5-2/h4H,1,5-12H2,2-3H3. The lowest BCUT2D eigenvalue weighted by molar-refractivity contribution is -0.154. The number of rotatable bonds is 7. The Hall–Kier alpha value is -0.770. The van der Waals surface area contributed by atoms with E-state index in [4.69, 9.17) is 0 Å². The number of piperidine rings is 1. The van der Waals surface area contributed by atoms with Gasteiger partial charge in [-0.1, -0.05) is 19.9 Å². The smallest absolute Gasteiger partial charge is 0.239 e. The first-order valence-electron chi connectivity index (χ1n) is 7.08. The number of nitrogens with zero attached hydrogens (tertiary/aromatic N) is 1. The van der Waals surface area contributed by atoms with Gasteiger partial charge < -0.3 is 0 Å². The summed E-state index contributed by atoms with van der Waals surface area (Å²) < 4.78 is 0. The Morgan fingerprint density at radius 1 is 1.58 bits per heavy atom. The molecular weight excluding hydrogens is 258 g/mol. The van der Waals surface area contributed by atoms with E-state index < -0.39 is 0 Å². The fourth-order valence-corrected chi connectivity index (χ4v) is 3.07. The van der Waals surface area contributed by atoms with Crippen LogP contribution in [0.5, 0.6) is 0 Å². The highest BCUT2D eigenvalue weighted by Crippen LogP contribution is 2.36. The van der Waals surface area contributed by atoms with Crippen LogP contribution in [0.2, 0.25) is 0 Å². The zero-order valence-electron chi connectivity index (χ0n) is 12.1. The van der Waals surface area contributed by atoms with Crippen LogP contribution >= 0.6 is 11.8 Å². The molecule has 1 aliphatic rings. The summed E-state index contributed by atoms with van der Waals surface area (Å²) >= 11 is 1.58. The van der Waals surface area contributed by atoms with Gasteiger partial charge in [0.25, 0.3) is 0 Å². The number of thioether (sulfide) groups is 1. The lowest BCUT2D eigenvalue weighted by atomic mass is 9.77. The number of likely N-dealkylation sites (tertiary alicyclic amines) is 1. The fraction of sp³-hybridized carbons (Fsp3) is 0.733. The lowest BCUT2D eigenvalue weighted by Crippen LogP contribution is -2.50. The monoisotopic (exact) mass is 283 g/mol. The summed E-state index contributed by atoms with van der Waals surface area (Å²) in [6.07, 6.45) is 6.46. The molecule has 3 nitrogen and oxygen atoms in total. The first-order valence-corrected chi connectivity index (χ1v) is 8.24. The van der Waals surface area contributed by atoms with Crippen molar-refractivity contribution in [3.05, 3.63) is 12.7 Å². The van der Waals surface area contributed by atoms with Crippen LogP contribution in [0.3, 0.4) is 0 Å². The minimum absolute atomic E-state index is 0.0218. The normalized spacial score (nSPS) is 23.5. The van der Waals surface area contributed by atoms with E-state index in [0.29, 0.717) is 12.3 Å². The highest BCUT2D eigenvalue weighted by Gasteiger charge is 2.41.